The van der Waals surface area contributed by atoms with Crippen LogP contribution in [0.15, 0.2) is 72.8 Å². The van der Waals surface area contributed by atoms with Gasteiger partial charge in [-0.1, -0.05) is 54.6 Å². The van der Waals surface area contributed by atoms with Crippen LogP contribution < -0.4 is 9.47 Å². The Balaban J connectivity index is 1.67. The van der Waals surface area contributed by atoms with E-state index in [0.717, 1.165) is 33.3 Å². The summed E-state index contributed by atoms with van der Waals surface area (Å²) in [5, 5.41) is 0.990. The van der Waals surface area contributed by atoms with Crippen LogP contribution >= 0.6 is 11.6 Å². The molecule has 7 nitrogen and oxygen atoms in total. The van der Waals surface area contributed by atoms with Gasteiger partial charge >= 0.3 is 5.97 Å². The number of aromatic amines is 1. The molecule has 2 aliphatic heterocycles. The van der Waals surface area contributed by atoms with Gasteiger partial charge in [-0.25, -0.2) is 4.79 Å². The van der Waals surface area contributed by atoms with Gasteiger partial charge in [0.2, 0.25) is 12.7 Å². The summed E-state index contributed by atoms with van der Waals surface area (Å²) in [6.45, 7) is 2.08. The number of para-hydroxylation sites is 1. The lowest BCUT2D eigenvalue weighted by Crippen LogP contribution is -2.54. The Hall–Kier alpha value is -3.97. The van der Waals surface area contributed by atoms with Crippen molar-refractivity contribution in [3.63, 3.8) is 0 Å². The SMILES string of the molecule is CCOC(=O)[C@H]1[C@H](c2ccccc2)c2c([nH]c3ccccc23)[C@@H](c2ccc3c(c2)OCO3)N1C(=O)CCl. The molecule has 2 aliphatic rings. The van der Waals surface area contributed by atoms with Crippen molar-refractivity contribution in [2.45, 2.75) is 24.9 Å². The maximum atomic E-state index is 13.7. The Morgan fingerprint density at radius 3 is 2.54 bits per heavy atom. The molecular formula is C29H25ClN2O5. The van der Waals surface area contributed by atoms with E-state index in [-0.39, 0.29) is 25.2 Å². The van der Waals surface area contributed by atoms with Crippen molar-refractivity contribution in [2.24, 2.45) is 0 Å². The molecule has 3 aromatic carbocycles. The highest BCUT2D eigenvalue weighted by molar-refractivity contribution is 6.27. The maximum Gasteiger partial charge on any atom is 0.329 e. The van der Waals surface area contributed by atoms with E-state index in [4.69, 9.17) is 25.8 Å². The Morgan fingerprint density at radius 2 is 1.76 bits per heavy atom. The molecule has 0 saturated heterocycles. The third-order valence-corrected chi connectivity index (χ3v) is 7.28. The third-order valence-electron chi connectivity index (χ3n) is 7.06. The van der Waals surface area contributed by atoms with Crippen molar-refractivity contribution < 1.29 is 23.8 Å². The molecule has 1 aromatic heterocycles. The number of aromatic nitrogens is 1. The van der Waals surface area contributed by atoms with Gasteiger partial charge in [0, 0.05) is 22.5 Å². The third kappa shape index (κ3) is 3.81. The zero-order valence-corrected chi connectivity index (χ0v) is 20.9. The van der Waals surface area contributed by atoms with Crippen LogP contribution in [0.3, 0.4) is 0 Å². The number of esters is 1. The molecule has 0 unspecified atom stereocenters. The van der Waals surface area contributed by atoms with E-state index < -0.39 is 24.0 Å². The first-order chi connectivity index (χ1) is 18.1. The van der Waals surface area contributed by atoms with Gasteiger partial charge in [-0.05, 0) is 41.8 Å². The molecule has 0 radical (unpaired) electrons. The summed E-state index contributed by atoms with van der Waals surface area (Å²) >= 11 is 6.18. The molecule has 0 aliphatic carbocycles. The van der Waals surface area contributed by atoms with E-state index in [0.29, 0.717) is 11.5 Å². The number of nitrogens with one attached hydrogen (secondary N) is 1. The number of hydrogen-bond acceptors (Lipinski definition) is 5. The second-order valence-electron chi connectivity index (χ2n) is 9.03. The normalized spacial score (nSPS) is 20.1. The number of alkyl halides is 1. The topological polar surface area (TPSA) is 80.9 Å². The van der Waals surface area contributed by atoms with Crippen molar-refractivity contribution in [3.05, 3.63) is 95.2 Å². The van der Waals surface area contributed by atoms with Crippen LogP contribution in [-0.4, -0.2) is 47.1 Å². The fourth-order valence-corrected chi connectivity index (χ4v) is 5.76. The average Bonchev–Trinajstić information content (AvgIpc) is 3.56. The van der Waals surface area contributed by atoms with Gasteiger partial charge in [0.05, 0.1) is 12.6 Å². The summed E-state index contributed by atoms with van der Waals surface area (Å²) in [5.74, 6) is -0.372. The lowest BCUT2D eigenvalue weighted by molar-refractivity contribution is -0.157. The van der Waals surface area contributed by atoms with Gasteiger partial charge in [-0.2, -0.15) is 0 Å². The van der Waals surface area contributed by atoms with Crippen LogP contribution in [0.2, 0.25) is 0 Å². The Kier molecular flexibility index (Phi) is 6.00. The molecule has 1 amide bonds. The number of ether oxygens (including phenoxy) is 3. The van der Waals surface area contributed by atoms with E-state index in [9.17, 15) is 9.59 Å². The van der Waals surface area contributed by atoms with E-state index in [1.165, 1.54) is 0 Å². The maximum absolute atomic E-state index is 13.7. The van der Waals surface area contributed by atoms with Crippen LogP contribution in [0, 0.1) is 0 Å². The number of benzene rings is 3. The lowest BCUT2D eigenvalue weighted by atomic mass is 9.76. The van der Waals surface area contributed by atoms with Crippen molar-refractivity contribution in [3.8, 4) is 11.5 Å². The fraction of sp³-hybridized carbons (Fsp3) is 0.241. The number of carbonyl (C=O) groups excluding carboxylic acids is 2. The summed E-state index contributed by atoms with van der Waals surface area (Å²) < 4.78 is 16.8. The molecule has 3 atom stereocenters. The number of hydrogen-bond donors (Lipinski definition) is 1. The van der Waals surface area contributed by atoms with Crippen molar-refractivity contribution >= 4 is 34.4 Å². The van der Waals surface area contributed by atoms with Gasteiger partial charge in [-0.3, -0.25) is 4.79 Å². The number of rotatable bonds is 5. The van der Waals surface area contributed by atoms with Gasteiger partial charge in [0.1, 0.15) is 11.9 Å². The predicted octanol–water partition coefficient (Wildman–Crippen LogP) is 5.13. The summed E-state index contributed by atoms with van der Waals surface area (Å²) in [6, 6.07) is 21.8. The zero-order chi connectivity index (χ0) is 25.5. The molecule has 3 heterocycles. The molecule has 37 heavy (non-hydrogen) atoms. The minimum atomic E-state index is -0.935. The van der Waals surface area contributed by atoms with Crippen LogP contribution in [0.5, 0.6) is 11.5 Å². The molecule has 1 N–H and O–H groups in total. The Bertz CT molecular complexity index is 1480. The highest BCUT2D eigenvalue weighted by Gasteiger charge is 2.50. The van der Waals surface area contributed by atoms with Gasteiger partial charge in [0.25, 0.3) is 0 Å². The number of H-pyrrole nitrogens is 1. The first-order valence-corrected chi connectivity index (χ1v) is 12.7. The van der Waals surface area contributed by atoms with Gasteiger partial charge in [-0.15, -0.1) is 11.6 Å². The molecule has 4 aromatic rings. The van der Waals surface area contributed by atoms with Gasteiger partial charge in [0.15, 0.2) is 11.5 Å². The monoisotopic (exact) mass is 516 g/mol. The highest BCUT2D eigenvalue weighted by atomic mass is 35.5. The number of nitrogens with zero attached hydrogens (tertiary/aromatic N) is 1. The molecule has 6 rings (SSSR count). The van der Waals surface area contributed by atoms with Gasteiger partial charge < -0.3 is 24.1 Å². The summed E-state index contributed by atoms with van der Waals surface area (Å²) in [5.41, 5.74) is 4.38. The molecule has 0 fully saturated rings. The number of fused-ring (bicyclic) bond motifs is 4. The van der Waals surface area contributed by atoms with E-state index in [1.54, 1.807) is 11.8 Å². The quantitative estimate of drug-likeness (QED) is 0.294. The first-order valence-electron chi connectivity index (χ1n) is 12.2. The standard InChI is InChI=1S/C29H25ClN2O5/c1-2-35-29(34)28-24(17-8-4-3-5-9-17)25-19-10-6-7-11-20(19)31-26(25)27(32(28)23(33)15-30)18-12-13-21-22(14-18)37-16-36-21/h3-14,24,27-28,31H,2,15-16H2,1H3/t24-,27-,28-/m1/s1. The lowest BCUT2D eigenvalue weighted by Gasteiger charge is -2.45. The average molecular weight is 517 g/mol. The van der Waals surface area contributed by atoms with Crippen LogP contribution in [0.25, 0.3) is 10.9 Å². The fourth-order valence-electron chi connectivity index (χ4n) is 5.62. The van der Waals surface area contributed by atoms with Crippen LogP contribution in [0.4, 0.5) is 0 Å². The van der Waals surface area contributed by atoms with E-state index in [2.05, 4.69) is 4.98 Å². The second-order valence-corrected chi connectivity index (χ2v) is 9.30. The molecular weight excluding hydrogens is 492 g/mol. The zero-order valence-electron chi connectivity index (χ0n) is 20.1. The first kappa shape index (κ1) is 23.4. The molecule has 0 spiro atoms. The number of amides is 1. The smallest absolute Gasteiger partial charge is 0.329 e. The summed E-state index contributed by atoms with van der Waals surface area (Å²) in [6.07, 6.45) is 0. The minimum Gasteiger partial charge on any atom is -0.464 e. The number of halogens is 1. The minimum absolute atomic E-state index is 0.132. The van der Waals surface area contributed by atoms with E-state index in [1.807, 2.05) is 72.8 Å². The largest absolute Gasteiger partial charge is 0.464 e. The Morgan fingerprint density at radius 1 is 1.00 bits per heavy atom. The van der Waals surface area contributed by atoms with Crippen molar-refractivity contribution in [2.75, 3.05) is 19.3 Å². The molecule has 0 saturated carbocycles. The molecule has 188 valence electrons. The highest BCUT2D eigenvalue weighted by Crippen LogP contribution is 2.50. The number of carbonyl (C=O) groups is 2. The summed E-state index contributed by atoms with van der Waals surface area (Å²) in [7, 11) is 0. The summed E-state index contributed by atoms with van der Waals surface area (Å²) in [4.78, 5) is 32.5. The van der Waals surface area contributed by atoms with Crippen LogP contribution in [0.1, 0.15) is 41.3 Å². The molecule has 8 heteroatoms. The Labute approximate surface area is 218 Å². The van der Waals surface area contributed by atoms with Crippen LogP contribution in [-0.2, 0) is 14.3 Å². The van der Waals surface area contributed by atoms with Crippen molar-refractivity contribution in [1.29, 1.82) is 0 Å². The second kappa shape index (κ2) is 9.48. The predicted molar refractivity (Wildman–Crippen MR) is 139 cm³/mol. The van der Waals surface area contributed by atoms with Crippen molar-refractivity contribution in [1.82, 2.24) is 9.88 Å². The molecule has 0 bridgehead atoms. The van der Waals surface area contributed by atoms with E-state index >= 15 is 0 Å².